The van der Waals surface area contributed by atoms with E-state index in [0.717, 1.165) is 5.56 Å². The van der Waals surface area contributed by atoms with Crippen LogP contribution in [0.4, 0.5) is 0 Å². The van der Waals surface area contributed by atoms with E-state index in [9.17, 15) is 9.90 Å². The lowest BCUT2D eigenvalue weighted by Gasteiger charge is -2.47. The van der Waals surface area contributed by atoms with E-state index in [1.807, 2.05) is 18.2 Å². The molecule has 1 saturated heterocycles. The molecule has 1 aliphatic heterocycles. The highest BCUT2D eigenvalue weighted by atomic mass is 28.4. The molecule has 2 rings (SSSR count). The fourth-order valence-electron chi connectivity index (χ4n) is 5.82. The van der Waals surface area contributed by atoms with Crippen LogP contribution in [-0.4, -0.2) is 56.8 Å². The number of amides is 1. The maximum absolute atomic E-state index is 13.2. The largest absolute Gasteiger partial charge is 0.493 e. The number of aliphatic hydroxyl groups is 1. The van der Waals surface area contributed by atoms with Crippen LogP contribution < -0.4 is 9.47 Å². The van der Waals surface area contributed by atoms with Crippen molar-refractivity contribution < 1.29 is 23.8 Å². The molecule has 1 fully saturated rings. The van der Waals surface area contributed by atoms with Crippen LogP contribution in [0.2, 0.25) is 16.6 Å². The fourth-order valence-corrected chi connectivity index (χ4v) is 11.4. The molecular formula is C27H45NO5Si. The first-order chi connectivity index (χ1) is 16.0. The highest BCUT2D eigenvalue weighted by Crippen LogP contribution is 2.47. The number of nitrogens with zero attached hydrogens (tertiary/aromatic N) is 1. The zero-order valence-corrected chi connectivity index (χ0v) is 23.4. The van der Waals surface area contributed by atoms with Gasteiger partial charge in [-0.15, -0.1) is 6.58 Å². The molecule has 0 radical (unpaired) electrons. The summed E-state index contributed by atoms with van der Waals surface area (Å²) in [5, 5.41) is 12.0. The van der Waals surface area contributed by atoms with Gasteiger partial charge >= 0.3 is 0 Å². The van der Waals surface area contributed by atoms with Crippen LogP contribution in [-0.2, 0) is 15.6 Å². The predicted molar refractivity (Wildman–Crippen MR) is 140 cm³/mol. The smallest absolute Gasteiger partial charge is 0.227 e. The average Bonchev–Trinajstić information content (AvgIpc) is 3.02. The van der Waals surface area contributed by atoms with Gasteiger partial charge in [0.1, 0.15) is 6.10 Å². The highest BCUT2D eigenvalue weighted by molar-refractivity contribution is 6.77. The molecule has 1 amide bonds. The fraction of sp³-hybridized carbons (Fsp3) is 0.667. The van der Waals surface area contributed by atoms with Crippen molar-refractivity contribution in [3.05, 3.63) is 36.4 Å². The van der Waals surface area contributed by atoms with E-state index in [2.05, 4.69) is 48.1 Å². The summed E-state index contributed by atoms with van der Waals surface area (Å²) in [6, 6.07) is 5.75. The zero-order chi connectivity index (χ0) is 25.7. The summed E-state index contributed by atoms with van der Waals surface area (Å²) in [6.07, 6.45) is 3.08. The number of carbonyl (C=O) groups excluding carboxylic acids is 1. The van der Waals surface area contributed by atoms with Crippen molar-refractivity contribution >= 4 is 14.2 Å². The van der Waals surface area contributed by atoms with Crippen LogP contribution >= 0.6 is 0 Å². The number of methoxy groups -OCH3 is 2. The van der Waals surface area contributed by atoms with Gasteiger partial charge in [0.05, 0.1) is 20.6 Å². The Bertz CT molecular complexity index is 819. The topological polar surface area (TPSA) is 68.2 Å². The van der Waals surface area contributed by atoms with E-state index in [1.165, 1.54) is 0 Å². The standard InChI is InChI=1S/C27H45NO5Si/c1-10-11-15-27(30)25(33-34(19(2)3,20(4)5)21(6)7)18-26(29)28(27)16-14-22-12-13-23(31-8)24(17-22)32-9/h10,12-13,17,19-21,25,30H,1,11,14-16,18H2,2-9H3/t25-,27?/m0/s1. The maximum atomic E-state index is 13.2. The molecule has 1 aromatic rings. The lowest BCUT2D eigenvalue weighted by molar-refractivity contribution is -0.159. The molecule has 192 valence electrons. The molecule has 34 heavy (non-hydrogen) atoms. The third kappa shape index (κ3) is 5.52. The van der Waals surface area contributed by atoms with Gasteiger partial charge in [-0.05, 0) is 47.2 Å². The molecule has 6 nitrogen and oxygen atoms in total. The van der Waals surface area contributed by atoms with Gasteiger partial charge in [0.15, 0.2) is 17.2 Å². The Hall–Kier alpha value is -1.83. The number of rotatable bonds is 13. The van der Waals surface area contributed by atoms with Crippen molar-refractivity contribution in [1.29, 1.82) is 0 Å². The number of ether oxygens (including phenoxy) is 2. The molecule has 1 aromatic carbocycles. The van der Waals surface area contributed by atoms with Crippen molar-refractivity contribution in [1.82, 2.24) is 4.90 Å². The number of allylic oxidation sites excluding steroid dienone is 1. The van der Waals surface area contributed by atoms with Crippen LogP contribution in [0.3, 0.4) is 0 Å². The molecule has 2 atom stereocenters. The van der Waals surface area contributed by atoms with Gasteiger partial charge in [-0.2, -0.15) is 0 Å². The van der Waals surface area contributed by atoms with Crippen molar-refractivity contribution in [2.24, 2.45) is 0 Å². The van der Waals surface area contributed by atoms with Gasteiger partial charge in [0, 0.05) is 13.0 Å². The zero-order valence-electron chi connectivity index (χ0n) is 22.4. The van der Waals surface area contributed by atoms with Crippen LogP contribution in [0.5, 0.6) is 11.5 Å². The number of carbonyl (C=O) groups is 1. The second-order valence-corrected chi connectivity index (χ2v) is 15.7. The summed E-state index contributed by atoms with van der Waals surface area (Å²) >= 11 is 0. The molecular weight excluding hydrogens is 446 g/mol. The SMILES string of the molecule is C=CCCC1(O)[C@@H](O[Si](C(C)C)(C(C)C)C(C)C)CC(=O)N1CCc1ccc(OC)c(OC)c1. The maximum Gasteiger partial charge on any atom is 0.227 e. The van der Waals surface area contributed by atoms with Crippen molar-refractivity contribution in [3.63, 3.8) is 0 Å². The molecule has 0 aliphatic carbocycles. The predicted octanol–water partition coefficient (Wildman–Crippen LogP) is 5.69. The third-order valence-electron chi connectivity index (χ3n) is 7.49. The van der Waals surface area contributed by atoms with Gasteiger partial charge in [-0.3, -0.25) is 4.79 Å². The molecule has 0 aromatic heterocycles. The Kier molecular flexibility index (Phi) is 9.80. The van der Waals surface area contributed by atoms with Crippen LogP contribution in [0.25, 0.3) is 0 Å². The quantitative estimate of drug-likeness (QED) is 0.283. The van der Waals surface area contributed by atoms with Gasteiger partial charge in [0.2, 0.25) is 14.2 Å². The molecule has 0 bridgehead atoms. The summed E-state index contributed by atoms with van der Waals surface area (Å²) in [7, 11) is 0.929. The highest BCUT2D eigenvalue weighted by Gasteiger charge is 2.56. The molecule has 1 N–H and O–H groups in total. The van der Waals surface area contributed by atoms with Gasteiger partial charge < -0.3 is 23.9 Å². The van der Waals surface area contributed by atoms with Crippen molar-refractivity contribution in [2.45, 2.75) is 95.7 Å². The third-order valence-corrected chi connectivity index (χ3v) is 13.6. The molecule has 1 aliphatic rings. The summed E-state index contributed by atoms with van der Waals surface area (Å²) < 4.78 is 17.7. The second kappa shape index (κ2) is 11.7. The first-order valence-corrected chi connectivity index (χ1v) is 14.6. The molecule has 0 spiro atoms. The normalized spacial score (nSPS) is 21.1. The molecule has 1 heterocycles. The molecule has 0 saturated carbocycles. The van der Waals surface area contributed by atoms with Gasteiger partial charge in [0.25, 0.3) is 0 Å². The average molecular weight is 492 g/mol. The first kappa shape index (κ1) is 28.4. The van der Waals surface area contributed by atoms with E-state index in [0.29, 0.717) is 53.9 Å². The molecule has 7 heteroatoms. The monoisotopic (exact) mass is 491 g/mol. The minimum Gasteiger partial charge on any atom is -0.493 e. The van der Waals surface area contributed by atoms with Crippen LogP contribution in [0, 0.1) is 0 Å². The van der Waals surface area contributed by atoms with Crippen LogP contribution in [0.1, 0.15) is 66.4 Å². The van der Waals surface area contributed by atoms with E-state index in [-0.39, 0.29) is 12.3 Å². The summed E-state index contributed by atoms with van der Waals surface area (Å²) in [6.45, 7) is 17.6. The van der Waals surface area contributed by atoms with Gasteiger partial charge in [-0.1, -0.05) is 53.7 Å². The Morgan fingerprint density at radius 1 is 1.12 bits per heavy atom. The number of hydrogen-bond acceptors (Lipinski definition) is 5. The van der Waals surface area contributed by atoms with E-state index in [4.69, 9.17) is 13.9 Å². The lowest BCUT2D eigenvalue weighted by atomic mass is 10.0. The Morgan fingerprint density at radius 3 is 2.21 bits per heavy atom. The lowest BCUT2D eigenvalue weighted by Crippen LogP contribution is -2.58. The number of likely N-dealkylation sites (tertiary alicyclic amines) is 1. The van der Waals surface area contributed by atoms with E-state index >= 15 is 0 Å². The second-order valence-electron chi connectivity index (χ2n) is 10.3. The minimum absolute atomic E-state index is 0.0591. The van der Waals surface area contributed by atoms with Crippen molar-refractivity contribution in [3.8, 4) is 11.5 Å². The summed E-state index contributed by atoms with van der Waals surface area (Å²) in [5.41, 5.74) is 0.765. The van der Waals surface area contributed by atoms with E-state index in [1.54, 1.807) is 25.2 Å². The molecule has 1 unspecified atom stereocenters. The van der Waals surface area contributed by atoms with Gasteiger partial charge in [-0.25, -0.2) is 0 Å². The van der Waals surface area contributed by atoms with E-state index < -0.39 is 20.1 Å². The first-order valence-electron chi connectivity index (χ1n) is 12.5. The Morgan fingerprint density at radius 2 is 1.71 bits per heavy atom. The minimum atomic E-state index is -2.28. The summed E-state index contributed by atoms with van der Waals surface area (Å²) in [5.74, 6) is 1.26. The number of hydrogen-bond donors (Lipinski definition) is 1. The Labute approximate surface area is 207 Å². The number of benzene rings is 1. The van der Waals surface area contributed by atoms with Crippen molar-refractivity contribution in [2.75, 3.05) is 20.8 Å². The van der Waals surface area contributed by atoms with Crippen LogP contribution in [0.15, 0.2) is 30.9 Å². The Balaban J connectivity index is 2.34. The summed E-state index contributed by atoms with van der Waals surface area (Å²) in [4.78, 5) is 14.9.